The first-order chi connectivity index (χ1) is 13.0. The van der Waals surface area contributed by atoms with Crippen molar-refractivity contribution in [2.75, 3.05) is 20.2 Å². The molecule has 142 valence electrons. The van der Waals surface area contributed by atoms with Crippen LogP contribution in [0.15, 0.2) is 20.8 Å². The number of nitrogens with zero attached hydrogens (tertiary/aromatic N) is 2. The standard InChI is InChI=1S/C15H16BN3O5S3/c1-23-9-3-2-7-4-10(16(22)24-12(7)11(9)13(20)21)26-15-19-18-14(27-15)25-8-5-17-6-8/h2-3,8,10,17,22H,4-6H2,1H3,(H,20,21)/t10-/m0/s1. The molecule has 2 aliphatic rings. The van der Waals surface area contributed by atoms with Gasteiger partial charge in [0.1, 0.15) is 17.1 Å². The molecule has 2 aromatic rings. The molecule has 4 rings (SSSR count). The fourth-order valence-corrected chi connectivity index (χ4v) is 6.47. The first kappa shape index (κ1) is 18.9. The number of rotatable bonds is 6. The molecule has 1 aromatic carbocycles. The fraction of sp³-hybridized carbons (Fsp3) is 0.400. The van der Waals surface area contributed by atoms with E-state index in [0.717, 1.165) is 27.3 Å². The third-order valence-electron chi connectivity index (χ3n) is 4.26. The molecule has 1 saturated heterocycles. The maximum Gasteiger partial charge on any atom is 0.537 e. The highest BCUT2D eigenvalue weighted by Crippen LogP contribution is 2.41. The lowest BCUT2D eigenvalue weighted by atomic mass is 9.77. The summed E-state index contributed by atoms with van der Waals surface area (Å²) in [6, 6.07) is 3.38. The van der Waals surface area contributed by atoms with Gasteiger partial charge in [0, 0.05) is 18.3 Å². The smallest absolute Gasteiger partial charge is 0.534 e. The summed E-state index contributed by atoms with van der Waals surface area (Å²) in [5.41, 5.74) is 0.650. The Morgan fingerprint density at radius 2 is 2.11 bits per heavy atom. The molecule has 0 unspecified atom stereocenters. The summed E-state index contributed by atoms with van der Waals surface area (Å²) in [6.07, 6.45) is 0.458. The largest absolute Gasteiger partial charge is 0.537 e. The molecule has 1 fully saturated rings. The summed E-state index contributed by atoms with van der Waals surface area (Å²) in [5, 5.41) is 31.7. The van der Waals surface area contributed by atoms with Gasteiger partial charge in [-0.05, 0) is 18.1 Å². The number of hydrogen-bond donors (Lipinski definition) is 3. The molecule has 0 aliphatic carbocycles. The maximum absolute atomic E-state index is 11.6. The van der Waals surface area contributed by atoms with Crippen LogP contribution < -0.4 is 14.7 Å². The van der Waals surface area contributed by atoms with E-state index in [0.29, 0.717) is 11.7 Å². The highest BCUT2D eigenvalue weighted by atomic mass is 32.2. The minimum atomic E-state index is -1.15. The van der Waals surface area contributed by atoms with Gasteiger partial charge in [-0.25, -0.2) is 4.79 Å². The summed E-state index contributed by atoms with van der Waals surface area (Å²) >= 11 is 4.60. The quantitative estimate of drug-likeness (QED) is 0.588. The number of hydrogen-bond acceptors (Lipinski definition) is 10. The molecule has 12 heteroatoms. The van der Waals surface area contributed by atoms with E-state index in [2.05, 4.69) is 15.5 Å². The van der Waals surface area contributed by atoms with Crippen molar-refractivity contribution in [3.63, 3.8) is 0 Å². The molecule has 1 aromatic heterocycles. The Morgan fingerprint density at radius 1 is 1.37 bits per heavy atom. The Hall–Kier alpha value is -1.47. The number of methoxy groups -OCH3 is 1. The monoisotopic (exact) mass is 425 g/mol. The van der Waals surface area contributed by atoms with Crippen molar-refractivity contribution < 1.29 is 24.3 Å². The minimum absolute atomic E-state index is 0.0683. The zero-order chi connectivity index (χ0) is 19.0. The van der Waals surface area contributed by atoms with Crippen molar-refractivity contribution in [1.29, 1.82) is 0 Å². The van der Waals surface area contributed by atoms with Crippen LogP contribution in [0.3, 0.4) is 0 Å². The minimum Gasteiger partial charge on any atom is -0.534 e. The fourth-order valence-electron chi connectivity index (χ4n) is 2.80. The molecule has 27 heavy (non-hydrogen) atoms. The van der Waals surface area contributed by atoms with E-state index in [1.165, 1.54) is 30.2 Å². The lowest BCUT2D eigenvalue weighted by molar-refractivity contribution is 0.0690. The van der Waals surface area contributed by atoms with E-state index in [-0.39, 0.29) is 22.2 Å². The molecule has 3 N–H and O–H groups in total. The molecule has 2 aliphatic heterocycles. The maximum atomic E-state index is 11.6. The highest BCUT2D eigenvalue weighted by molar-refractivity contribution is 8.04. The molecule has 8 nitrogen and oxygen atoms in total. The second kappa shape index (κ2) is 7.88. The number of nitrogens with one attached hydrogen (secondary N) is 1. The van der Waals surface area contributed by atoms with E-state index >= 15 is 0 Å². The van der Waals surface area contributed by atoms with Crippen LogP contribution in [0.25, 0.3) is 0 Å². The highest BCUT2D eigenvalue weighted by Gasteiger charge is 2.39. The van der Waals surface area contributed by atoms with Crippen LogP contribution in [-0.4, -0.2) is 64.0 Å². The van der Waals surface area contributed by atoms with Crippen molar-refractivity contribution in [3.8, 4) is 11.5 Å². The number of ether oxygens (including phenoxy) is 1. The third-order valence-corrected chi connectivity index (χ3v) is 7.79. The van der Waals surface area contributed by atoms with E-state index in [9.17, 15) is 14.9 Å². The molecule has 1 atom stereocenters. The van der Waals surface area contributed by atoms with Gasteiger partial charge >= 0.3 is 13.1 Å². The van der Waals surface area contributed by atoms with Crippen LogP contribution >= 0.6 is 34.9 Å². The number of carbonyl (C=O) groups is 1. The molecule has 3 heterocycles. The lowest BCUT2D eigenvalue weighted by Crippen LogP contribution is -2.44. The zero-order valence-electron chi connectivity index (χ0n) is 14.2. The summed E-state index contributed by atoms with van der Waals surface area (Å²) in [7, 11) is 0.250. The van der Waals surface area contributed by atoms with Crippen molar-refractivity contribution in [3.05, 3.63) is 23.3 Å². The van der Waals surface area contributed by atoms with E-state index in [4.69, 9.17) is 9.39 Å². The summed E-state index contributed by atoms with van der Waals surface area (Å²) < 4.78 is 12.3. The first-order valence-electron chi connectivity index (χ1n) is 8.20. The molecule has 0 spiro atoms. The molecule has 0 saturated carbocycles. The molecule has 0 radical (unpaired) electrons. The van der Waals surface area contributed by atoms with Crippen LogP contribution in [0.1, 0.15) is 15.9 Å². The van der Waals surface area contributed by atoms with Gasteiger partial charge in [0.05, 0.1) is 12.3 Å². The van der Waals surface area contributed by atoms with Gasteiger partial charge in [0.25, 0.3) is 0 Å². The Labute approximate surface area is 168 Å². The van der Waals surface area contributed by atoms with Crippen LogP contribution in [0.4, 0.5) is 0 Å². The first-order valence-corrected chi connectivity index (χ1v) is 10.8. The number of carboxylic acids is 1. The van der Waals surface area contributed by atoms with Gasteiger partial charge in [-0.1, -0.05) is 40.9 Å². The second-order valence-corrected chi connectivity index (χ2v) is 10.0. The molecular formula is C15H16BN3O5S3. The van der Waals surface area contributed by atoms with Crippen LogP contribution in [0.2, 0.25) is 0 Å². The van der Waals surface area contributed by atoms with Crippen LogP contribution in [-0.2, 0) is 6.42 Å². The van der Waals surface area contributed by atoms with Gasteiger partial charge < -0.3 is 24.8 Å². The van der Waals surface area contributed by atoms with E-state index < -0.39 is 13.1 Å². The van der Waals surface area contributed by atoms with Crippen molar-refractivity contribution in [1.82, 2.24) is 15.5 Å². The van der Waals surface area contributed by atoms with Gasteiger partial charge in [0.15, 0.2) is 8.68 Å². The third kappa shape index (κ3) is 3.90. The van der Waals surface area contributed by atoms with E-state index in [1.54, 1.807) is 23.9 Å². The summed E-state index contributed by atoms with van der Waals surface area (Å²) in [5.74, 6) is -0.786. The SMILES string of the molecule is COc1ccc2c(c1C(=O)O)OB(O)[C@@H](Sc1nnc(SC3CNC3)s1)C2. The van der Waals surface area contributed by atoms with Gasteiger partial charge in [-0.3, -0.25) is 0 Å². The Balaban J connectivity index is 1.50. The zero-order valence-corrected chi connectivity index (χ0v) is 16.7. The number of benzene rings is 1. The Bertz CT molecular complexity index is 863. The summed E-state index contributed by atoms with van der Waals surface area (Å²) in [4.78, 5) is 11.6. The normalized spacial score (nSPS) is 19.2. The molecule has 0 amide bonds. The average Bonchev–Trinajstić information content (AvgIpc) is 3.05. The van der Waals surface area contributed by atoms with Crippen molar-refractivity contribution in [2.24, 2.45) is 0 Å². The van der Waals surface area contributed by atoms with Gasteiger partial charge in [-0.2, -0.15) is 0 Å². The topological polar surface area (TPSA) is 114 Å². The number of carboxylic acid groups (broad SMARTS) is 1. The van der Waals surface area contributed by atoms with Crippen molar-refractivity contribution >= 4 is 47.9 Å². The Kier molecular flexibility index (Phi) is 5.51. The second-order valence-electron chi connectivity index (χ2n) is 6.04. The lowest BCUT2D eigenvalue weighted by Gasteiger charge is -2.28. The van der Waals surface area contributed by atoms with Crippen LogP contribution in [0.5, 0.6) is 11.5 Å². The number of aromatic nitrogens is 2. The summed E-state index contributed by atoms with van der Waals surface area (Å²) in [6.45, 7) is 1.96. The van der Waals surface area contributed by atoms with Gasteiger partial charge in [-0.15, -0.1) is 10.2 Å². The molecular weight excluding hydrogens is 409 g/mol. The van der Waals surface area contributed by atoms with E-state index in [1.807, 2.05) is 0 Å². The Morgan fingerprint density at radius 3 is 2.74 bits per heavy atom. The van der Waals surface area contributed by atoms with Gasteiger partial charge in [0.2, 0.25) is 0 Å². The predicted molar refractivity (Wildman–Crippen MR) is 104 cm³/mol. The molecule has 0 bridgehead atoms. The van der Waals surface area contributed by atoms with Crippen LogP contribution in [0, 0.1) is 0 Å². The number of fused-ring (bicyclic) bond motifs is 1. The average molecular weight is 425 g/mol. The number of aromatic carboxylic acids is 1. The predicted octanol–water partition coefficient (Wildman–Crippen LogP) is 1.42. The van der Waals surface area contributed by atoms with Crippen molar-refractivity contribution in [2.45, 2.75) is 25.5 Å². The number of thioether (sulfide) groups is 2.